The number of hydrogen-bond donors (Lipinski definition) is 0. The number of rotatable bonds is 12. The number of ketones is 2. The molecule has 0 amide bonds. The van der Waals surface area contributed by atoms with Gasteiger partial charge in [0.25, 0.3) is 0 Å². The van der Waals surface area contributed by atoms with Crippen molar-refractivity contribution in [3.05, 3.63) is 47.5 Å². The van der Waals surface area contributed by atoms with Crippen molar-refractivity contribution in [3.63, 3.8) is 0 Å². The van der Waals surface area contributed by atoms with Gasteiger partial charge in [0.05, 0.1) is 40.0 Å². The minimum Gasteiger partial charge on any atom is -0.496 e. The van der Waals surface area contributed by atoms with Crippen LogP contribution in [0.1, 0.15) is 61.3 Å². The molecule has 2 rings (SSSR count). The fraction of sp³-hybridized carbons (Fsp3) is 0.462. The Morgan fingerprint density at radius 3 is 1.34 bits per heavy atom. The van der Waals surface area contributed by atoms with Crippen molar-refractivity contribution in [2.75, 3.05) is 28.4 Å². The largest absolute Gasteiger partial charge is 0.496 e. The smallest absolute Gasteiger partial charge is 0.327 e. The maximum Gasteiger partial charge on any atom is 0.327 e. The van der Waals surface area contributed by atoms with Gasteiger partial charge in [-0.15, -0.1) is 0 Å². The van der Waals surface area contributed by atoms with E-state index >= 15 is 0 Å². The number of Topliss-reactive ketones (excluding diaryl/α,β-unsaturated/α-hetero) is 2. The van der Waals surface area contributed by atoms with Gasteiger partial charge in [-0.2, -0.15) is 0 Å². The summed E-state index contributed by atoms with van der Waals surface area (Å²) >= 11 is 0. The number of methoxy groups -OCH3 is 4. The second-order valence-electron chi connectivity index (χ2n) is 7.82. The molecule has 0 saturated heterocycles. The average Bonchev–Trinajstić information content (AvgIpc) is 2.90. The molecule has 1 unspecified atom stereocenters. The number of ether oxygens (including phenoxy) is 4. The molecule has 0 aliphatic rings. The van der Waals surface area contributed by atoms with Crippen LogP contribution in [-0.2, 0) is 9.09 Å². The average molecular weight is 507 g/mol. The van der Waals surface area contributed by atoms with Crippen molar-refractivity contribution in [1.82, 2.24) is 0 Å². The fourth-order valence-corrected chi connectivity index (χ4v) is 3.57. The van der Waals surface area contributed by atoms with Gasteiger partial charge in [0.2, 0.25) is 0 Å². The normalized spacial score (nSPS) is 11.7. The molecule has 8 nitrogen and oxygen atoms in total. The van der Waals surface area contributed by atoms with Gasteiger partial charge in [-0.25, -0.2) is 4.57 Å². The van der Waals surface area contributed by atoms with Crippen LogP contribution in [0.5, 0.6) is 23.0 Å². The van der Waals surface area contributed by atoms with Crippen LogP contribution in [0, 0.1) is 5.41 Å². The van der Waals surface area contributed by atoms with E-state index < -0.39 is 5.41 Å². The highest BCUT2D eigenvalue weighted by molar-refractivity contribution is 7.17. The Morgan fingerprint density at radius 1 is 0.800 bits per heavy atom. The Balaban J connectivity index is 0.000000762. The highest BCUT2D eigenvalue weighted by Crippen LogP contribution is 2.41. The molecule has 0 heterocycles. The van der Waals surface area contributed by atoms with E-state index in [9.17, 15) is 14.2 Å². The van der Waals surface area contributed by atoms with Crippen molar-refractivity contribution in [2.24, 2.45) is 5.41 Å². The lowest BCUT2D eigenvalue weighted by Crippen LogP contribution is -2.37. The molecular formula is C26H35O8P. The summed E-state index contributed by atoms with van der Waals surface area (Å²) in [5.41, 5.74) is -0.901. The molecule has 0 radical (unpaired) electrons. The van der Waals surface area contributed by atoms with Crippen molar-refractivity contribution in [1.29, 1.82) is 0 Å². The maximum absolute atomic E-state index is 13.6. The Kier molecular flexibility index (Phi) is 12.4. The third-order valence-electron chi connectivity index (χ3n) is 5.82. The Morgan fingerprint density at radius 2 is 1.14 bits per heavy atom. The molecule has 1 atom stereocenters. The summed E-state index contributed by atoms with van der Waals surface area (Å²) in [6.07, 6.45) is 1.31. The van der Waals surface area contributed by atoms with Crippen molar-refractivity contribution < 1.29 is 37.6 Å². The third kappa shape index (κ3) is 7.03. The molecule has 0 fully saturated rings. The summed E-state index contributed by atoms with van der Waals surface area (Å²) in [6.45, 7) is 7.27. The molecule has 0 spiro atoms. The van der Waals surface area contributed by atoms with Crippen LogP contribution in [0.2, 0.25) is 0 Å². The Hall–Kier alpha value is -2.96. The SMILES string of the molecule is CCC(C)(C(=O)c1c(OC)cccc1OC)C(=O)c1c(OC)cccc1OC.CCC(C)OP=O. The van der Waals surface area contributed by atoms with Crippen molar-refractivity contribution in [2.45, 2.75) is 46.6 Å². The number of hydrogen-bond acceptors (Lipinski definition) is 8. The Labute approximate surface area is 209 Å². The van der Waals surface area contributed by atoms with Gasteiger partial charge < -0.3 is 18.9 Å². The predicted molar refractivity (Wildman–Crippen MR) is 135 cm³/mol. The quantitative estimate of drug-likeness (QED) is 0.190. The molecule has 0 saturated carbocycles. The van der Waals surface area contributed by atoms with Crippen LogP contribution in [0.25, 0.3) is 0 Å². The van der Waals surface area contributed by atoms with E-state index in [0.717, 1.165) is 6.42 Å². The van der Waals surface area contributed by atoms with Crippen LogP contribution in [-0.4, -0.2) is 46.1 Å². The lowest BCUT2D eigenvalue weighted by molar-refractivity contribution is 0.0674. The number of carbonyl (C=O) groups is 2. The van der Waals surface area contributed by atoms with E-state index in [0.29, 0.717) is 23.0 Å². The molecule has 0 aliphatic carbocycles. The van der Waals surface area contributed by atoms with Gasteiger partial charge in [0, 0.05) is 0 Å². The summed E-state index contributed by atoms with van der Waals surface area (Å²) in [7, 11) is 5.68. The molecule has 0 aromatic heterocycles. The zero-order valence-corrected chi connectivity index (χ0v) is 22.6. The standard InChI is InChI=1S/C22H26O6.C4H9O2P/c1-7-22(2,20(23)18-14(25-3)10-8-11-15(18)26-4)21(24)19-16(27-5)12-9-13-17(19)28-6;1-3-4(2)6-7-5/h8-13H,7H2,1-6H3;4H,3H2,1-2H3. The topological polar surface area (TPSA) is 97.4 Å². The summed E-state index contributed by atoms with van der Waals surface area (Å²) in [5.74, 6) is 0.629. The molecule has 192 valence electrons. The van der Waals surface area contributed by atoms with Crippen molar-refractivity contribution in [3.8, 4) is 23.0 Å². The molecule has 0 bridgehead atoms. The first kappa shape index (κ1) is 30.1. The van der Waals surface area contributed by atoms with Gasteiger partial charge in [0.1, 0.15) is 34.1 Å². The van der Waals surface area contributed by atoms with Gasteiger partial charge in [-0.05, 0) is 51.0 Å². The summed E-state index contributed by atoms with van der Waals surface area (Å²) in [5, 5.41) is 0. The molecular weight excluding hydrogens is 471 g/mol. The predicted octanol–water partition coefficient (Wildman–Crippen LogP) is 6.21. The fourth-order valence-electron chi connectivity index (χ4n) is 3.27. The van der Waals surface area contributed by atoms with Gasteiger partial charge in [0.15, 0.2) is 11.6 Å². The van der Waals surface area contributed by atoms with Crippen LogP contribution in [0.3, 0.4) is 0 Å². The first-order chi connectivity index (χ1) is 16.7. The monoisotopic (exact) mass is 506 g/mol. The lowest BCUT2D eigenvalue weighted by Gasteiger charge is -2.28. The summed E-state index contributed by atoms with van der Waals surface area (Å²) in [6, 6.07) is 10.1. The van der Waals surface area contributed by atoms with Gasteiger partial charge in [-0.3, -0.25) is 14.1 Å². The number of benzene rings is 2. The van der Waals surface area contributed by atoms with E-state index in [1.54, 1.807) is 50.2 Å². The highest BCUT2D eigenvalue weighted by Gasteiger charge is 2.44. The minimum absolute atomic E-state index is 0.124. The van der Waals surface area contributed by atoms with Crippen LogP contribution in [0.15, 0.2) is 36.4 Å². The number of carbonyl (C=O) groups excluding carboxylic acids is 2. The second kappa shape index (κ2) is 14.4. The minimum atomic E-state index is -1.37. The van der Waals surface area contributed by atoms with Crippen LogP contribution < -0.4 is 18.9 Å². The summed E-state index contributed by atoms with van der Waals surface area (Å²) in [4.78, 5) is 27.2. The highest BCUT2D eigenvalue weighted by atomic mass is 31.1. The summed E-state index contributed by atoms with van der Waals surface area (Å²) < 4.78 is 35.7. The second-order valence-corrected chi connectivity index (χ2v) is 8.18. The maximum atomic E-state index is 13.6. The van der Waals surface area contributed by atoms with Gasteiger partial charge >= 0.3 is 8.69 Å². The zero-order chi connectivity index (χ0) is 26.6. The lowest BCUT2D eigenvalue weighted by atomic mass is 9.73. The van der Waals surface area contributed by atoms with E-state index in [4.69, 9.17) is 18.9 Å². The molecule has 2 aromatic rings. The Bertz CT molecular complexity index is 893. The molecule has 0 aliphatic heterocycles. The molecule has 0 N–H and O–H groups in total. The first-order valence-corrected chi connectivity index (χ1v) is 11.9. The van der Waals surface area contributed by atoms with E-state index in [1.807, 2.05) is 13.8 Å². The van der Waals surface area contributed by atoms with E-state index in [-0.39, 0.29) is 43.9 Å². The van der Waals surface area contributed by atoms with Gasteiger partial charge in [-0.1, -0.05) is 26.0 Å². The van der Waals surface area contributed by atoms with Crippen molar-refractivity contribution >= 4 is 20.3 Å². The molecule has 2 aromatic carbocycles. The van der Waals surface area contributed by atoms with E-state index in [1.165, 1.54) is 28.4 Å². The zero-order valence-electron chi connectivity index (χ0n) is 21.7. The first-order valence-electron chi connectivity index (χ1n) is 11.2. The molecule has 35 heavy (non-hydrogen) atoms. The van der Waals surface area contributed by atoms with Crippen LogP contribution in [0.4, 0.5) is 0 Å². The van der Waals surface area contributed by atoms with Crippen LogP contribution >= 0.6 is 8.69 Å². The third-order valence-corrected chi connectivity index (χ3v) is 6.26. The van der Waals surface area contributed by atoms with E-state index in [2.05, 4.69) is 4.52 Å². The molecule has 9 heteroatoms.